The molecule has 0 saturated carbocycles. The van der Waals surface area contributed by atoms with E-state index in [0.717, 1.165) is 17.4 Å². The normalized spacial score (nSPS) is 12.9. The van der Waals surface area contributed by atoms with Crippen molar-refractivity contribution in [1.82, 2.24) is 4.90 Å². The second-order valence-corrected chi connectivity index (χ2v) is 4.36. The Morgan fingerprint density at radius 1 is 1.39 bits per heavy atom. The van der Waals surface area contributed by atoms with Crippen LogP contribution in [0.25, 0.3) is 6.08 Å². The zero-order valence-corrected chi connectivity index (χ0v) is 11.0. The highest BCUT2D eigenvalue weighted by Crippen LogP contribution is 2.13. The van der Waals surface area contributed by atoms with Gasteiger partial charge in [0.05, 0.1) is 0 Å². The third kappa shape index (κ3) is 5.01. The average Bonchev–Trinajstić information content (AvgIpc) is 2.34. The quantitative estimate of drug-likeness (QED) is 0.784. The third-order valence-electron chi connectivity index (χ3n) is 2.67. The zero-order valence-electron chi connectivity index (χ0n) is 11.0. The molecular weight excluding hydrogens is 230 g/mol. The lowest BCUT2D eigenvalue weighted by Gasteiger charge is -2.19. The molecule has 0 radical (unpaired) electrons. The van der Waals surface area contributed by atoms with Crippen LogP contribution < -0.4 is 4.74 Å². The molecule has 4 heteroatoms. The standard InChI is InChI=1S/C14H19NO3/c1-11(15(2)3)10-18-13-7-4-12(5-8-13)6-9-14(16)17/h4-9,11H,10H2,1-3H3,(H,16,17). The summed E-state index contributed by atoms with van der Waals surface area (Å²) < 4.78 is 5.63. The number of likely N-dealkylation sites (N-methyl/N-ethyl adjacent to an activating group) is 1. The highest BCUT2D eigenvalue weighted by Gasteiger charge is 2.04. The number of nitrogens with zero attached hydrogens (tertiary/aromatic N) is 1. The second kappa shape index (κ2) is 6.81. The Morgan fingerprint density at radius 3 is 2.50 bits per heavy atom. The molecule has 0 saturated heterocycles. The number of benzene rings is 1. The molecule has 1 aromatic carbocycles. The van der Waals surface area contributed by atoms with Crippen LogP contribution in [0.2, 0.25) is 0 Å². The maximum Gasteiger partial charge on any atom is 0.328 e. The van der Waals surface area contributed by atoms with Gasteiger partial charge in [-0.1, -0.05) is 12.1 Å². The summed E-state index contributed by atoms with van der Waals surface area (Å²) >= 11 is 0. The molecule has 0 bridgehead atoms. The second-order valence-electron chi connectivity index (χ2n) is 4.36. The summed E-state index contributed by atoms with van der Waals surface area (Å²) in [6, 6.07) is 7.68. The van der Waals surface area contributed by atoms with E-state index in [-0.39, 0.29) is 0 Å². The van der Waals surface area contributed by atoms with Crippen molar-refractivity contribution in [2.45, 2.75) is 13.0 Å². The third-order valence-corrected chi connectivity index (χ3v) is 2.67. The van der Waals surface area contributed by atoms with E-state index in [4.69, 9.17) is 9.84 Å². The summed E-state index contributed by atoms with van der Waals surface area (Å²) in [5, 5.41) is 8.51. The summed E-state index contributed by atoms with van der Waals surface area (Å²) in [5.74, 6) is -0.161. The van der Waals surface area contributed by atoms with Gasteiger partial charge in [0.25, 0.3) is 0 Å². The summed E-state index contributed by atoms with van der Waals surface area (Å²) in [5.41, 5.74) is 0.838. The summed E-state index contributed by atoms with van der Waals surface area (Å²) in [6.45, 7) is 2.71. The van der Waals surface area contributed by atoms with Crippen LogP contribution in [0, 0.1) is 0 Å². The molecule has 0 aliphatic rings. The first-order chi connectivity index (χ1) is 8.49. The summed E-state index contributed by atoms with van der Waals surface area (Å²) in [4.78, 5) is 12.5. The van der Waals surface area contributed by atoms with Crippen LogP contribution in [0.4, 0.5) is 0 Å². The van der Waals surface area contributed by atoms with Gasteiger partial charge in [-0.05, 0) is 44.8 Å². The Hall–Kier alpha value is -1.81. The molecule has 0 aromatic heterocycles. The lowest BCUT2D eigenvalue weighted by molar-refractivity contribution is -0.131. The van der Waals surface area contributed by atoms with Gasteiger partial charge in [0, 0.05) is 12.1 Å². The van der Waals surface area contributed by atoms with E-state index in [9.17, 15) is 4.79 Å². The van der Waals surface area contributed by atoms with Crippen LogP contribution in [0.3, 0.4) is 0 Å². The van der Waals surface area contributed by atoms with Gasteiger partial charge < -0.3 is 14.7 Å². The molecule has 1 rings (SSSR count). The Morgan fingerprint density at radius 2 is 2.00 bits per heavy atom. The van der Waals surface area contributed by atoms with Gasteiger partial charge in [0.1, 0.15) is 12.4 Å². The molecule has 0 aliphatic carbocycles. The van der Waals surface area contributed by atoms with Crippen molar-refractivity contribution in [1.29, 1.82) is 0 Å². The number of hydrogen-bond acceptors (Lipinski definition) is 3. The molecular formula is C14H19NO3. The van der Waals surface area contributed by atoms with E-state index < -0.39 is 5.97 Å². The predicted molar refractivity (Wildman–Crippen MR) is 71.8 cm³/mol. The minimum Gasteiger partial charge on any atom is -0.492 e. The molecule has 0 amide bonds. The van der Waals surface area contributed by atoms with Gasteiger partial charge in [-0.25, -0.2) is 4.79 Å². The molecule has 18 heavy (non-hydrogen) atoms. The molecule has 0 fully saturated rings. The van der Waals surface area contributed by atoms with Crippen LogP contribution in [0.1, 0.15) is 12.5 Å². The summed E-state index contributed by atoms with van der Waals surface area (Å²) in [7, 11) is 4.02. The molecule has 1 N–H and O–H groups in total. The van der Waals surface area contributed by atoms with Crippen molar-refractivity contribution < 1.29 is 14.6 Å². The zero-order chi connectivity index (χ0) is 13.5. The highest BCUT2D eigenvalue weighted by molar-refractivity contribution is 5.85. The lowest BCUT2D eigenvalue weighted by Crippen LogP contribution is -2.30. The fraction of sp³-hybridized carbons (Fsp3) is 0.357. The van der Waals surface area contributed by atoms with E-state index in [2.05, 4.69) is 11.8 Å². The SMILES string of the molecule is CC(COc1ccc(C=CC(=O)O)cc1)N(C)C. The number of rotatable bonds is 6. The minimum absolute atomic E-state index is 0.344. The molecule has 1 aromatic rings. The Labute approximate surface area is 107 Å². The molecule has 4 nitrogen and oxygen atoms in total. The average molecular weight is 249 g/mol. The number of carbonyl (C=O) groups is 1. The van der Waals surface area contributed by atoms with E-state index in [1.807, 2.05) is 38.4 Å². The molecule has 0 heterocycles. The van der Waals surface area contributed by atoms with Crippen LogP contribution >= 0.6 is 0 Å². The van der Waals surface area contributed by atoms with Crippen molar-refractivity contribution in [2.24, 2.45) is 0 Å². The highest BCUT2D eigenvalue weighted by atomic mass is 16.5. The first-order valence-electron chi connectivity index (χ1n) is 5.79. The van der Waals surface area contributed by atoms with Gasteiger partial charge >= 0.3 is 5.97 Å². The van der Waals surface area contributed by atoms with Crippen LogP contribution in [0.5, 0.6) is 5.75 Å². The smallest absolute Gasteiger partial charge is 0.328 e. The molecule has 0 spiro atoms. The lowest BCUT2D eigenvalue weighted by atomic mass is 10.2. The topological polar surface area (TPSA) is 49.8 Å². The minimum atomic E-state index is -0.949. The van der Waals surface area contributed by atoms with E-state index in [0.29, 0.717) is 12.6 Å². The Bertz CT molecular complexity index is 410. The number of aliphatic carboxylic acids is 1. The van der Waals surface area contributed by atoms with Gasteiger partial charge in [-0.3, -0.25) is 0 Å². The van der Waals surface area contributed by atoms with E-state index in [1.54, 1.807) is 6.08 Å². The fourth-order valence-electron chi connectivity index (χ4n) is 1.21. The number of carboxylic acids is 1. The molecule has 98 valence electrons. The predicted octanol–water partition coefficient (Wildman–Crippen LogP) is 2.11. The maximum absolute atomic E-state index is 10.4. The molecule has 0 aliphatic heterocycles. The Balaban J connectivity index is 2.53. The van der Waals surface area contributed by atoms with Crippen molar-refractivity contribution in [3.63, 3.8) is 0 Å². The largest absolute Gasteiger partial charge is 0.492 e. The van der Waals surface area contributed by atoms with Gasteiger partial charge in [-0.2, -0.15) is 0 Å². The first kappa shape index (κ1) is 14.3. The van der Waals surface area contributed by atoms with Crippen molar-refractivity contribution >= 4 is 12.0 Å². The fourth-order valence-corrected chi connectivity index (χ4v) is 1.21. The van der Waals surface area contributed by atoms with Crippen molar-refractivity contribution in [2.75, 3.05) is 20.7 Å². The Kier molecular flexibility index (Phi) is 5.39. The van der Waals surface area contributed by atoms with Crippen LogP contribution in [0.15, 0.2) is 30.3 Å². The van der Waals surface area contributed by atoms with E-state index in [1.165, 1.54) is 0 Å². The van der Waals surface area contributed by atoms with Crippen molar-refractivity contribution in [3.05, 3.63) is 35.9 Å². The van der Waals surface area contributed by atoms with Crippen molar-refractivity contribution in [3.8, 4) is 5.75 Å². The number of hydrogen-bond donors (Lipinski definition) is 1. The first-order valence-corrected chi connectivity index (χ1v) is 5.79. The van der Waals surface area contributed by atoms with Crippen LogP contribution in [-0.2, 0) is 4.79 Å². The van der Waals surface area contributed by atoms with Gasteiger partial charge in [-0.15, -0.1) is 0 Å². The maximum atomic E-state index is 10.4. The van der Waals surface area contributed by atoms with Crippen LogP contribution in [-0.4, -0.2) is 42.7 Å². The van der Waals surface area contributed by atoms with E-state index >= 15 is 0 Å². The summed E-state index contributed by atoms with van der Waals surface area (Å²) in [6.07, 6.45) is 2.67. The molecule has 1 unspecified atom stereocenters. The molecule has 1 atom stereocenters. The van der Waals surface area contributed by atoms with Gasteiger partial charge in [0.2, 0.25) is 0 Å². The van der Waals surface area contributed by atoms with Gasteiger partial charge in [0.15, 0.2) is 0 Å². The number of carboxylic acid groups (broad SMARTS) is 1. The monoisotopic (exact) mass is 249 g/mol. The number of ether oxygens (including phenoxy) is 1.